The van der Waals surface area contributed by atoms with Crippen LogP contribution in [-0.4, -0.2) is 12.5 Å². The summed E-state index contributed by atoms with van der Waals surface area (Å²) in [7, 11) is 0. The zero-order valence-electron chi connectivity index (χ0n) is 11.6. The molecule has 0 spiro atoms. The predicted octanol–water partition coefficient (Wildman–Crippen LogP) is 3.00. The highest BCUT2D eigenvalue weighted by Crippen LogP contribution is 2.17. The number of rotatable bonds is 5. The normalized spacial score (nSPS) is 10.4. The molecule has 2 aromatic rings. The van der Waals surface area contributed by atoms with Gasteiger partial charge in [-0.05, 0) is 24.6 Å². The minimum Gasteiger partial charge on any atom is -0.320 e. The SMILES string of the molecule is Cc1ccc(CNCC(=O)Nc2c(F)cccc2F)cc1. The first-order valence-electron chi connectivity index (χ1n) is 6.56. The molecule has 3 nitrogen and oxygen atoms in total. The van der Waals surface area contributed by atoms with Crippen LogP contribution < -0.4 is 10.6 Å². The zero-order valence-corrected chi connectivity index (χ0v) is 11.6. The van der Waals surface area contributed by atoms with E-state index in [0.717, 1.165) is 23.3 Å². The molecule has 2 aromatic carbocycles. The fraction of sp³-hybridized carbons (Fsp3) is 0.188. The molecule has 0 saturated carbocycles. The fourth-order valence-electron chi connectivity index (χ4n) is 1.83. The summed E-state index contributed by atoms with van der Waals surface area (Å²) in [6.07, 6.45) is 0. The number of hydrogen-bond donors (Lipinski definition) is 2. The Labute approximate surface area is 122 Å². The lowest BCUT2D eigenvalue weighted by atomic mass is 10.1. The van der Waals surface area contributed by atoms with Gasteiger partial charge in [0.05, 0.1) is 6.54 Å². The van der Waals surface area contributed by atoms with Gasteiger partial charge in [-0.25, -0.2) is 8.78 Å². The van der Waals surface area contributed by atoms with Crippen molar-refractivity contribution in [3.05, 3.63) is 65.2 Å². The summed E-state index contributed by atoms with van der Waals surface area (Å²) in [4.78, 5) is 11.7. The molecule has 2 rings (SSSR count). The number of halogens is 2. The van der Waals surface area contributed by atoms with Gasteiger partial charge in [0.15, 0.2) is 0 Å². The van der Waals surface area contributed by atoms with Crippen LogP contribution >= 0.6 is 0 Å². The molecular weight excluding hydrogens is 274 g/mol. The molecule has 110 valence electrons. The van der Waals surface area contributed by atoms with Gasteiger partial charge < -0.3 is 10.6 Å². The number of nitrogens with one attached hydrogen (secondary N) is 2. The first kappa shape index (κ1) is 15.1. The largest absolute Gasteiger partial charge is 0.320 e. The van der Waals surface area contributed by atoms with Gasteiger partial charge in [0.1, 0.15) is 17.3 Å². The first-order valence-corrected chi connectivity index (χ1v) is 6.56. The third kappa shape index (κ3) is 4.36. The van der Waals surface area contributed by atoms with Gasteiger partial charge in [0.25, 0.3) is 0 Å². The van der Waals surface area contributed by atoms with Crippen LogP contribution in [0, 0.1) is 18.6 Å². The number of carbonyl (C=O) groups excluding carboxylic acids is 1. The van der Waals surface area contributed by atoms with E-state index in [1.54, 1.807) is 0 Å². The Bertz CT molecular complexity index is 606. The Hall–Kier alpha value is -2.27. The van der Waals surface area contributed by atoms with Crippen molar-refractivity contribution in [2.24, 2.45) is 0 Å². The van der Waals surface area contributed by atoms with Crippen LogP contribution in [-0.2, 0) is 11.3 Å². The average Bonchev–Trinajstić information content (AvgIpc) is 2.45. The van der Waals surface area contributed by atoms with Gasteiger partial charge in [-0.2, -0.15) is 0 Å². The second kappa shape index (κ2) is 6.95. The van der Waals surface area contributed by atoms with E-state index in [0.29, 0.717) is 6.54 Å². The van der Waals surface area contributed by atoms with Crippen LogP contribution in [0.15, 0.2) is 42.5 Å². The molecule has 0 aliphatic heterocycles. The summed E-state index contributed by atoms with van der Waals surface area (Å²) < 4.78 is 26.7. The van der Waals surface area contributed by atoms with E-state index >= 15 is 0 Å². The molecule has 21 heavy (non-hydrogen) atoms. The molecule has 0 radical (unpaired) electrons. The predicted molar refractivity (Wildman–Crippen MR) is 77.9 cm³/mol. The van der Waals surface area contributed by atoms with Crippen molar-refractivity contribution in [3.8, 4) is 0 Å². The molecule has 0 aliphatic rings. The standard InChI is InChI=1S/C16H16F2N2O/c1-11-5-7-12(8-6-11)9-19-10-15(21)20-16-13(17)3-2-4-14(16)18/h2-8,19H,9-10H2,1H3,(H,20,21). The first-order chi connectivity index (χ1) is 10.1. The van der Waals surface area contributed by atoms with E-state index in [-0.39, 0.29) is 6.54 Å². The number of benzene rings is 2. The van der Waals surface area contributed by atoms with Gasteiger partial charge in [-0.1, -0.05) is 35.9 Å². The summed E-state index contributed by atoms with van der Waals surface area (Å²) in [6, 6.07) is 11.3. The number of aryl methyl sites for hydroxylation is 1. The molecule has 0 saturated heterocycles. The van der Waals surface area contributed by atoms with E-state index in [9.17, 15) is 13.6 Å². The molecule has 0 bridgehead atoms. The molecule has 1 amide bonds. The van der Waals surface area contributed by atoms with Crippen LogP contribution in [0.1, 0.15) is 11.1 Å². The van der Waals surface area contributed by atoms with Gasteiger partial charge in [-0.3, -0.25) is 4.79 Å². The van der Waals surface area contributed by atoms with Gasteiger partial charge in [-0.15, -0.1) is 0 Å². The van der Waals surface area contributed by atoms with E-state index in [2.05, 4.69) is 10.6 Å². The van der Waals surface area contributed by atoms with Crippen LogP contribution in [0.3, 0.4) is 0 Å². The van der Waals surface area contributed by atoms with E-state index in [4.69, 9.17) is 0 Å². The lowest BCUT2D eigenvalue weighted by molar-refractivity contribution is -0.115. The monoisotopic (exact) mass is 290 g/mol. The van der Waals surface area contributed by atoms with Crippen LogP contribution in [0.25, 0.3) is 0 Å². The third-order valence-corrected chi connectivity index (χ3v) is 2.96. The van der Waals surface area contributed by atoms with Gasteiger partial charge >= 0.3 is 0 Å². The van der Waals surface area contributed by atoms with E-state index in [1.807, 2.05) is 31.2 Å². The molecule has 0 heterocycles. The van der Waals surface area contributed by atoms with Crippen molar-refractivity contribution in [2.75, 3.05) is 11.9 Å². The second-order valence-electron chi connectivity index (χ2n) is 4.73. The molecule has 2 N–H and O–H groups in total. The number of hydrogen-bond acceptors (Lipinski definition) is 2. The summed E-state index contributed by atoms with van der Waals surface area (Å²) in [5.41, 5.74) is 1.77. The maximum Gasteiger partial charge on any atom is 0.238 e. The number of anilines is 1. The minimum atomic E-state index is -0.790. The molecule has 0 aromatic heterocycles. The Morgan fingerprint density at radius 2 is 1.67 bits per heavy atom. The maximum atomic E-state index is 13.4. The van der Waals surface area contributed by atoms with Gasteiger partial charge in [0.2, 0.25) is 5.91 Å². The molecule has 0 unspecified atom stereocenters. The summed E-state index contributed by atoms with van der Waals surface area (Å²) in [5, 5.41) is 5.15. The van der Waals surface area contributed by atoms with Crippen molar-refractivity contribution in [1.29, 1.82) is 0 Å². The number of amides is 1. The average molecular weight is 290 g/mol. The zero-order chi connectivity index (χ0) is 15.2. The number of carbonyl (C=O) groups is 1. The Kier molecular flexibility index (Phi) is 5.00. The van der Waals surface area contributed by atoms with E-state index in [1.165, 1.54) is 6.07 Å². The Morgan fingerprint density at radius 3 is 2.29 bits per heavy atom. The summed E-state index contributed by atoms with van der Waals surface area (Å²) >= 11 is 0. The number of para-hydroxylation sites is 1. The van der Waals surface area contributed by atoms with Crippen molar-refractivity contribution in [2.45, 2.75) is 13.5 Å². The highest BCUT2D eigenvalue weighted by atomic mass is 19.1. The highest BCUT2D eigenvalue weighted by molar-refractivity contribution is 5.92. The summed E-state index contributed by atoms with van der Waals surface area (Å²) in [6.45, 7) is 2.47. The highest BCUT2D eigenvalue weighted by Gasteiger charge is 2.11. The van der Waals surface area contributed by atoms with Crippen LogP contribution in [0.5, 0.6) is 0 Å². The maximum absolute atomic E-state index is 13.4. The third-order valence-electron chi connectivity index (χ3n) is 2.96. The van der Waals surface area contributed by atoms with E-state index < -0.39 is 23.2 Å². The lowest BCUT2D eigenvalue weighted by Crippen LogP contribution is -2.28. The second-order valence-corrected chi connectivity index (χ2v) is 4.73. The van der Waals surface area contributed by atoms with Crippen molar-refractivity contribution < 1.29 is 13.6 Å². The Morgan fingerprint density at radius 1 is 1.05 bits per heavy atom. The lowest BCUT2D eigenvalue weighted by Gasteiger charge is -2.08. The molecule has 0 fully saturated rings. The molecule has 0 atom stereocenters. The van der Waals surface area contributed by atoms with Crippen molar-refractivity contribution in [1.82, 2.24) is 5.32 Å². The topological polar surface area (TPSA) is 41.1 Å². The molecule has 0 aliphatic carbocycles. The quantitative estimate of drug-likeness (QED) is 0.889. The van der Waals surface area contributed by atoms with Gasteiger partial charge in [0, 0.05) is 6.54 Å². The smallest absolute Gasteiger partial charge is 0.238 e. The minimum absolute atomic E-state index is 0.0261. The molecule has 5 heteroatoms. The van der Waals surface area contributed by atoms with Crippen molar-refractivity contribution >= 4 is 11.6 Å². The van der Waals surface area contributed by atoms with Crippen LogP contribution in [0.2, 0.25) is 0 Å². The van der Waals surface area contributed by atoms with Crippen LogP contribution in [0.4, 0.5) is 14.5 Å². The van der Waals surface area contributed by atoms with Crippen molar-refractivity contribution in [3.63, 3.8) is 0 Å². The summed E-state index contributed by atoms with van der Waals surface area (Å²) in [5.74, 6) is -2.07. The Balaban J connectivity index is 1.84. The fourth-order valence-corrected chi connectivity index (χ4v) is 1.83. The molecular formula is C16H16F2N2O.